The Morgan fingerprint density at radius 2 is 1.72 bits per heavy atom. The molecule has 6 nitrogen and oxygen atoms in total. The lowest BCUT2D eigenvalue weighted by atomic mass is 10.0. The van der Waals surface area contributed by atoms with Gasteiger partial charge in [-0.05, 0) is 32.9 Å². The van der Waals surface area contributed by atoms with Gasteiger partial charge in [0.1, 0.15) is 11.5 Å². The number of benzene rings is 1. The predicted octanol–water partition coefficient (Wildman–Crippen LogP) is 3.93. The van der Waals surface area contributed by atoms with Crippen LogP contribution < -0.4 is 4.90 Å². The van der Waals surface area contributed by atoms with Gasteiger partial charge in [-0.15, -0.1) is 12.4 Å². The van der Waals surface area contributed by atoms with E-state index in [-0.39, 0.29) is 18.2 Å². The molecule has 1 atom stereocenters. The molecule has 29 heavy (non-hydrogen) atoms. The van der Waals surface area contributed by atoms with E-state index >= 15 is 0 Å². The molecular formula is C21H26ClFN6. The van der Waals surface area contributed by atoms with Crippen LogP contribution in [0.3, 0.4) is 0 Å². The first-order chi connectivity index (χ1) is 13.6. The van der Waals surface area contributed by atoms with E-state index in [2.05, 4.69) is 43.8 Å². The molecule has 0 spiro atoms. The lowest BCUT2D eigenvalue weighted by Crippen LogP contribution is -2.47. The van der Waals surface area contributed by atoms with E-state index in [1.807, 2.05) is 13.0 Å². The lowest BCUT2D eigenvalue weighted by molar-refractivity contribution is 0.197. The fourth-order valence-electron chi connectivity index (χ4n) is 4.08. The maximum Gasteiger partial charge on any atom is 0.155 e. The number of aryl methyl sites for hydroxylation is 2. The third-order valence-electron chi connectivity index (χ3n) is 5.57. The summed E-state index contributed by atoms with van der Waals surface area (Å²) < 4.78 is 14.3. The highest BCUT2D eigenvalue weighted by Gasteiger charge is 2.27. The molecule has 1 unspecified atom stereocenters. The Hall–Kier alpha value is -2.51. The van der Waals surface area contributed by atoms with E-state index in [9.17, 15) is 4.39 Å². The van der Waals surface area contributed by atoms with Crippen LogP contribution in [0.25, 0.3) is 11.3 Å². The van der Waals surface area contributed by atoms with Crippen molar-refractivity contribution in [2.75, 3.05) is 31.1 Å². The van der Waals surface area contributed by atoms with Crippen LogP contribution in [0.1, 0.15) is 29.9 Å². The van der Waals surface area contributed by atoms with Crippen LogP contribution in [0.5, 0.6) is 0 Å². The van der Waals surface area contributed by atoms with Crippen molar-refractivity contribution in [3.05, 3.63) is 59.4 Å². The summed E-state index contributed by atoms with van der Waals surface area (Å²) >= 11 is 0. The second kappa shape index (κ2) is 8.88. The van der Waals surface area contributed by atoms with Crippen molar-refractivity contribution in [2.24, 2.45) is 0 Å². The minimum atomic E-state index is -0.276. The van der Waals surface area contributed by atoms with Gasteiger partial charge in [0.15, 0.2) is 5.82 Å². The van der Waals surface area contributed by atoms with Gasteiger partial charge in [0.25, 0.3) is 0 Å². The number of nitrogens with one attached hydrogen (secondary N) is 1. The monoisotopic (exact) mass is 416 g/mol. The second-order valence-electron chi connectivity index (χ2n) is 7.26. The average molecular weight is 417 g/mol. The summed E-state index contributed by atoms with van der Waals surface area (Å²) in [4.78, 5) is 13.6. The normalized spacial score (nSPS) is 15.8. The highest BCUT2D eigenvalue weighted by Crippen LogP contribution is 2.31. The fourth-order valence-corrected chi connectivity index (χ4v) is 4.08. The minimum Gasteiger partial charge on any atom is -0.352 e. The van der Waals surface area contributed by atoms with Gasteiger partial charge >= 0.3 is 0 Å². The van der Waals surface area contributed by atoms with Gasteiger partial charge in [-0.25, -0.2) is 9.37 Å². The fraction of sp³-hybridized carbons (Fsp3) is 0.381. The lowest BCUT2D eigenvalue weighted by Gasteiger charge is -2.39. The topological polar surface area (TPSA) is 60.9 Å². The molecule has 3 heterocycles. The number of rotatable bonds is 4. The molecule has 0 amide bonds. The first-order valence-electron chi connectivity index (χ1n) is 9.62. The summed E-state index contributed by atoms with van der Waals surface area (Å²) in [6.07, 6.45) is 3.29. The second-order valence-corrected chi connectivity index (χ2v) is 7.26. The van der Waals surface area contributed by atoms with Crippen molar-refractivity contribution >= 4 is 18.2 Å². The first-order valence-corrected chi connectivity index (χ1v) is 9.62. The smallest absolute Gasteiger partial charge is 0.155 e. The maximum absolute atomic E-state index is 14.3. The highest BCUT2D eigenvalue weighted by molar-refractivity contribution is 5.85. The summed E-state index contributed by atoms with van der Waals surface area (Å²) in [5.41, 5.74) is 4.56. The molecule has 3 aromatic rings. The molecule has 4 rings (SSSR count). The molecule has 0 saturated carbocycles. The quantitative estimate of drug-likeness (QED) is 0.698. The highest BCUT2D eigenvalue weighted by atomic mass is 35.5. The number of anilines is 1. The van der Waals surface area contributed by atoms with Crippen LogP contribution >= 0.6 is 12.4 Å². The Morgan fingerprint density at radius 3 is 2.38 bits per heavy atom. The summed E-state index contributed by atoms with van der Waals surface area (Å²) in [5.74, 6) is 0.470. The third-order valence-corrected chi connectivity index (χ3v) is 5.57. The standard InChI is InChI=1S/C21H25FN6.ClH/c1-14-19(15(2)26-25-14)16(3)27-10-12-28(13-11-27)21-20(23-8-9-24-21)17-6-4-5-7-18(17)22;/h4-9,16H,10-13H2,1-3H3,(H,25,26);1H. The van der Waals surface area contributed by atoms with E-state index in [4.69, 9.17) is 0 Å². The van der Waals surface area contributed by atoms with Crippen molar-refractivity contribution in [1.29, 1.82) is 0 Å². The van der Waals surface area contributed by atoms with E-state index in [1.54, 1.807) is 24.5 Å². The largest absolute Gasteiger partial charge is 0.352 e. The van der Waals surface area contributed by atoms with Crippen molar-refractivity contribution in [3.8, 4) is 11.3 Å². The third kappa shape index (κ3) is 4.11. The van der Waals surface area contributed by atoms with Crippen molar-refractivity contribution in [1.82, 2.24) is 25.1 Å². The Morgan fingerprint density at radius 1 is 1.03 bits per heavy atom. The molecule has 1 N–H and O–H groups in total. The zero-order valence-corrected chi connectivity index (χ0v) is 17.7. The van der Waals surface area contributed by atoms with Crippen LogP contribution in [0.4, 0.5) is 10.2 Å². The molecular weight excluding hydrogens is 391 g/mol. The van der Waals surface area contributed by atoms with E-state index in [0.29, 0.717) is 17.3 Å². The van der Waals surface area contributed by atoms with Crippen LogP contribution in [0.2, 0.25) is 0 Å². The SMILES string of the molecule is Cc1n[nH]c(C)c1C(C)N1CCN(c2nccnc2-c2ccccc2F)CC1.Cl. The number of aromatic nitrogens is 4. The Kier molecular flexibility index (Phi) is 6.49. The average Bonchev–Trinajstić information content (AvgIpc) is 3.06. The maximum atomic E-state index is 14.3. The summed E-state index contributed by atoms with van der Waals surface area (Å²) in [7, 11) is 0. The summed E-state index contributed by atoms with van der Waals surface area (Å²) in [6, 6.07) is 7.03. The molecule has 1 aliphatic heterocycles. The molecule has 1 aliphatic rings. The number of H-pyrrole nitrogens is 1. The van der Waals surface area contributed by atoms with Crippen molar-refractivity contribution in [3.63, 3.8) is 0 Å². The van der Waals surface area contributed by atoms with Crippen LogP contribution in [0, 0.1) is 19.7 Å². The molecule has 8 heteroatoms. The van der Waals surface area contributed by atoms with Crippen molar-refractivity contribution in [2.45, 2.75) is 26.8 Å². The predicted molar refractivity (Wildman–Crippen MR) is 115 cm³/mol. The van der Waals surface area contributed by atoms with Crippen LogP contribution in [-0.4, -0.2) is 51.2 Å². The van der Waals surface area contributed by atoms with Gasteiger partial charge in [-0.3, -0.25) is 15.0 Å². The molecule has 1 saturated heterocycles. The van der Waals surface area contributed by atoms with Crippen molar-refractivity contribution < 1.29 is 4.39 Å². The molecule has 0 radical (unpaired) electrons. The molecule has 154 valence electrons. The molecule has 2 aromatic heterocycles. The zero-order valence-electron chi connectivity index (χ0n) is 16.9. The van der Waals surface area contributed by atoms with Crippen LogP contribution in [-0.2, 0) is 0 Å². The number of hydrogen-bond donors (Lipinski definition) is 1. The van der Waals surface area contributed by atoms with E-state index < -0.39 is 0 Å². The molecule has 1 aromatic carbocycles. The molecule has 0 aliphatic carbocycles. The number of halogens is 2. The Bertz CT molecular complexity index is 948. The summed E-state index contributed by atoms with van der Waals surface area (Å²) in [6.45, 7) is 9.79. The number of piperazine rings is 1. The van der Waals surface area contributed by atoms with Gasteiger partial charge in [0.05, 0.1) is 5.69 Å². The summed E-state index contributed by atoms with van der Waals surface area (Å²) in [5, 5.41) is 7.41. The zero-order chi connectivity index (χ0) is 19.7. The Labute approximate surface area is 176 Å². The number of nitrogens with zero attached hydrogens (tertiary/aromatic N) is 5. The van der Waals surface area contributed by atoms with Crippen LogP contribution in [0.15, 0.2) is 36.7 Å². The molecule has 0 bridgehead atoms. The Balaban J connectivity index is 0.00000240. The van der Waals surface area contributed by atoms with Gasteiger partial charge in [-0.1, -0.05) is 12.1 Å². The van der Waals surface area contributed by atoms with Gasteiger partial charge in [0, 0.05) is 61.4 Å². The minimum absolute atomic E-state index is 0. The van der Waals surface area contributed by atoms with Gasteiger partial charge < -0.3 is 4.90 Å². The first kappa shape index (κ1) is 21.2. The van der Waals surface area contributed by atoms with E-state index in [1.165, 1.54) is 11.6 Å². The number of aromatic amines is 1. The van der Waals surface area contributed by atoms with E-state index in [0.717, 1.165) is 43.4 Å². The number of hydrogen-bond acceptors (Lipinski definition) is 5. The molecule has 1 fully saturated rings. The van der Waals surface area contributed by atoms with Gasteiger partial charge in [-0.2, -0.15) is 5.10 Å². The van der Waals surface area contributed by atoms with Gasteiger partial charge in [0.2, 0.25) is 0 Å².